The van der Waals surface area contributed by atoms with Crippen LogP contribution < -0.4 is 16.0 Å². The second-order valence-corrected chi connectivity index (χ2v) is 11.0. The zero-order chi connectivity index (χ0) is 26.1. The SMILES string of the molecule is CC[C@H](C)[C@H](NC(=O)OC(C)(C)C)C(=O)NCC1CCC(C(=O)N[C@@H](CC(C)C)C(=O)O)CC1. The third-order valence-electron chi connectivity index (χ3n) is 6.27. The van der Waals surface area contributed by atoms with Gasteiger partial charge in [0.1, 0.15) is 17.7 Å². The lowest BCUT2D eigenvalue weighted by Crippen LogP contribution is -2.52. The van der Waals surface area contributed by atoms with Crippen molar-refractivity contribution < 1.29 is 29.0 Å². The Morgan fingerprint density at radius 2 is 1.59 bits per heavy atom. The van der Waals surface area contributed by atoms with Crippen LogP contribution in [0.3, 0.4) is 0 Å². The highest BCUT2D eigenvalue weighted by Crippen LogP contribution is 2.29. The molecule has 0 unspecified atom stereocenters. The normalized spacial score (nSPS) is 21.2. The molecule has 0 aliphatic heterocycles. The van der Waals surface area contributed by atoms with E-state index in [1.807, 2.05) is 27.7 Å². The largest absolute Gasteiger partial charge is 0.480 e. The summed E-state index contributed by atoms with van der Waals surface area (Å²) in [6.07, 6.45) is 3.37. The summed E-state index contributed by atoms with van der Waals surface area (Å²) >= 11 is 0. The minimum Gasteiger partial charge on any atom is -0.480 e. The number of carboxylic acids is 1. The van der Waals surface area contributed by atoms with Crippen molar-refractivity contribution in [3.05, 3.63) is 0 Å². The summed E-state index contributed by atoms with van der Waals surface area (Å²) in [5, 5.41) is 17.7. The molecule has 0 aromatic heterocycles. The van der Waals surface area contributed by atoms with E-state index < -0.39 is 29.7 Å². The molecule has 0 saturated heterocycles. The van der Waals surface area contributed by atoms with E-state index >= 15 is 0 Å². The maximum atomic E-state index is 12.8. The lowest BCUT2D eigenvalue weighted by atomic mass is 9.81. The lowest BCUT2D eigenvalue weighted by Gasteiger charge is -2.30. The molecular formula is C25H45N3O6. The maximum absolute atomic E-state index is 12.8. The third-order valence-corrected chi connectivity index (χ3v) is 6.27. The van der Waals surface area contributed by atoms with E-state index in [1.165, 1.54) is 0 Å². The topological polar surface area (TPSA) is 134 Å². The Balaban J connectivity index is 2.55. The van der Waals surface area contributed by atoms with Gasteiger partial charge < -0.3 is 25.8 Å². The van der Waals surface area contributed by atoms with Crippen molar-refractivity contribution >= 4 is 23.9 Å². The molecule has 0 aromatic rings. The Kier molecular flexibility index (Phi) is 11.8. The van der Waals surface area contributed by atoms with Gasteiger partial charge in [0, 0.05) is 12.5 Å². The van der Waals surface area contributed by atoms with E-state index in [4.69, 9.17) is 4.74 Å². The van der Waals surface area contributed by atoms with Crippen LogP contribution in [0.4, 0.5) is 4.79 Å². The molecule has 0 bridgehead atoms. The highest BCUT2D eigenvalue weighted by atomic mass is 16.6. The van der Waals surface area contributed by atoms with Gasteiger partial charge in [0.25, 0.3) is 0 Å². The molecule has 4 N–H and O–H groups in total. The second-order valence-electron chi connectivity index (χ2n) is 11.0. The van der Waals surface area contributed by atoms with Crippen LogP contribution in [0.25, 0.3) is 0 Å². The maximum Gasteiger partial charge on any atom is 0.408 e. The van der Waals surface area contributed by atoms with Crippen molar-refractivity contribution in [2.75, 3.05) is 6.54 Å². The first-order chi connectivity index (χ1) is 15.7. The van der Waals surface area contributed by atoms with Crippen molar-refractivity contribution in [2.24, 2.45) is 23.7 Å². The predicted molar refractivity (Wildman–Crippen MR) is 130 cm³/mol. The summed E-state index contributed by atoms with van der Waals surface area (Å²) in [6, 6.07) is -1.55. The smallest absolute Gasteiger partial charge is 0.408 e. The quantitative estimate of drug-likeness (QED) is 0.356. The molecule has 1 aliphatic carbocycles. The summed E-state index contributed by atoms with van der Waals surface area (Å²) in [5.74, 6) is -1.30. The molecule has 1 rings (SSSR count). The van der Waals surface area contributed by atoms with E-state index in [1.54, 1.807) is 20.8 Å². The third kappa shape index (κ3) is 10.7. The highest BCUT2D eigenvalue weighted by molar-refractivity contribution is 5.86. The highest BCUT2D eigenvalue weighted by Gasteiger charge is 2.31. The molecule has 0 aromatic carbocycles. The molecule has 34 heavy (non-hydrogen) atoms. The summed E-state index contributed by atoms with van der Waals surface area (Å²) in [5.41, 5.74) is -0.648. The number of aliphatic carboxylic acids is 1. The van der Waals surface area contributed by atoms with E-state index in [-0.39, 0.29) is 35.5 Å². The molecule has 0 heterocycles. The number of alkyl carbamates (subject to hydrolysis) is 1. The first kappa shape index (κ1) is 29.7. The number of carbonyl (C=O) groups excluding carboxylic acids is 3. The van der Waals surface area contributed by atoms with Gasteiger partial charge in [-0.25, -0.2) is 9.59 Å². The van der Waals surface area contributed by atoms with Crippen molar-refractivity contribution in [1.82, 2.24) is 16.0 Å². The molecule has 0 radical (unpaired) electrons. The summed E-state index contributed by atoms with van der Waals surface area (Å²) in [7, 11) is 0. The zero-order valence-electron chi connectivity index (χ0n) is 21.9. The molecule has 3 atom stereocenters. The van der Waals surface area contributed by atoms with Gasteiger partial charge in [-0.3, -0.25) is 9.59 Å². The van der Waals surface area contributed by atoms with Crippen molar-refractivity contribution in [2.45, 2.75) is 105 Å². The lowest BCUT2D eigenvalue weighted by molar-refractivity contribution is -0.143. The Hall–Kier alpha value is -2.32. The Bertz CT molecular complexity index is 695. The number of carbonyl (C=O) groups is 4. The molecule has 3 amide bonds. The van der Waals surface area contributed by atoms with E-state index in [2.05, 4.69) is 16.0 Å². The van der Waals surface area contributed by atoms with Crippen LogP contribution in [0.1, 0.15) is 87.0 Å². The van der Waals surface area contributed by atoms with Crippen molar-refractivity contribution in [3.8, 4) is 0 Å². The molecule has 1 aliphatic rings. The van der Waals surface area contributed by atoms with E-state index in [0.717, 1.165) is 19.3 Å². The van der Waals surface area contributed by atoms with Gasteiger partial charge >= 0.3 is 12.1 Å². The molecule has 1 saturated carbocycles. The van der Waals surface area contributed by atoms with Gasteiger partial charge in [0.2, 0.25) is 11.8 Å². The van der Waals surface area contributed by atoms with Crippen LogP contribution in [0, 0.1) is 23.7 Å². The standard InChI is InChI=1S/C25H45N3O6/c1-8-16(4)20(28-24(33)34-25(5,6)7)22(30)26-14-17-9-11-18(12-10-17)21(29)27-19(23(31)32)13-15(2)3/h15-20H,8-14H2,1-7H3,(H,26,30)(H,27,29)(H,28,33)(H,31,32)/t16-,17?,18?,19-,20-/m0/s1. The number of nitrogens with one attached hydrogen (secondary N) is 3. The van der Waals surface area contributed by atoms with Gasteiger partial charge in [0.15, 0.2) is 0 Å². The molecular weight excluding hydrogens is 438 g/mol. The van der Waals surface area contributed by atoms with Gasteiger partial charge in [-0.15, -0.1) is 0 Å². The van der Waals surface area contributed by atoms with E-state index in [9.17, 15) is 24.3 Å². The number of hydrogen-bond donors (Lipinski definition) is 4. The summed E-state index contributed by atoms with van der Waals surface area (Å²) in [4.78, 5) is 49.0. The van der Waals surface area contributed by atoms with Crippen LogP contribution in [-0.4, -0.2) is 53.2 Å². The fourth-order valence-corrected chi connectivity index (χ4v) is 4.10. The Labute approximate surface area is 204 Å². The number of rotatable bonds is 11. The minimum atomic E-state index is -1.01. The number of carboxylic acid groups (broad SMARTS) is 1. The number of ether oxygens (including phenoxy) is 1. The average Bonchev–Trinajstić information content (AvgIpc) is 2.73. The van der Waals surface area contributed by atoms with Crippen LogP contribution in [0.2, 0.25) is 0 Å². The summed E-state index contributed by atoms with van der Waals surface area (Å²) in [6.45, 7) is 13.5. The van der Waals surface area contributed by atoms with Gasteiger partial charge in [-0.1, -0.05) is 34.1 Å². The van der Waals surface area contributed by atoms with Crippen LogP contribution in [-0.2, 0) is 19.1 Å². The van der Waals surface area contributed by atoms with Gasteiger partial charge in [0.05, 0.1) is 0 Å². The first-order valence-electron chi connectivity index (χ1n) is 12.5. The first-order valence-corrected chi connectivity index (χ1v) is 12.5. The van der Waals surface area contributed by atoms with Crippen LogP contribution in [0.5, 0.6) is 0 Å². The number of hydrogen-bond acceptors (Lipinski definition) is 5. The van der Waals surface area contributed by atoms with Gasteiger partial charge in [-0.05, 0) is 70.6 Å². The monoisotopic (exact) mass is 483 g/mol. The summed E-state index contributed by atoms with van der Waals surface area (Å²) < 4.78 is 5.30. The number of amides is 3. The van der Waals surface area contributed by atoms with Crippen molar-refractivity contribution in [1.29, 1.82) is 0 Å². The van der Waals surface area contributed by atoms with Crippen LogP contribution >= 0.6 is 0 Å². The van der Waals surface area contributed by atoms with Gasteiger partial charge in [-0.2, -0.15) is 0 Å². The van der Waals surface area contributed by atoms with E-state index in [0.29, 0.717) is 25.8 Å². The fraction of sp³-hybridized carbons (Fsp3) is 0.840. The molecule has 9 heteroatoms. The van der Waals surface area contributed by atoms with Crippen molar-refractivity contribution in [3.63, 3.8) is 0 Å². The van der Waals surface area contributed by atoms with Crippen LogP contribution in [0.15, 0.2) is 0 Å². The Morgan fingerprint density at radius 1 is 1.00 bits per heavy atom. The molecule has 1 fully saturated rings. The zero-order valence-corrected chi connectivity index (χ0v) is 21.9. The molecule has 0 spiro atoms. The average molecular weight is 484 g/mol. The minimum absolute atomic E-state index is 0.0556. The Morgan fingerprint density at radius 3 is 2.06 bits per heavy atom. The second kappa shape index (κ2) is 13.5. The fourth-order valence-electron chi connectivity index (χ4n) is 4.10. The predicted octanol–water partition coefficient (Wildman–Crippen LogP) is 3.46. The molecule has 196 valence electrons. The molecule has 9 nitrogen and oxygen atoms in total.